The minimum absolute atomic E-state index is 0.211. The Morgan fingerprint density at radius 3 is 2.25 bits per heavy atom. The van der Waals surface area contributed by atoms with Gasteiger partial charge in [-0.05, 0) is 12.3 Å². The summed E-state index contributed by atoms with van der Waals surface area (Å²) >= 11 is 22.2. The minimum Gasteiger partial charge on any atom is -0.481 e. The molecule has 1 aliphatic rings. The summed E-state index contributed by atoms with van der Waals surface area (Å²) in [4.78, 5) is 10.4. The third-order valence-electron chi connectivity index (χ3n) is 1.85. The average molecular weight is 252 g/mol. The zero-order chi connectivity index (χ0) is 9.52. The molecule has 0 heterocycles. The Labute approximate surface area is 89.7 Å². The number of halogens is 4. The molecule has 1 aliphatic carbocycles. The van der Waals surface area contributed by atoms with Gasteiger partial charge in [-0.25, -0.2) is 0 Å². The first kappa shape index (κ1) is 10.7. The number of carboxylic acid groups (broad SMARTS) is 1. The van der Waals surface area contributed by atoms with Gasteiger partial charge in [0.1, 0.15) is 0 Å². The first-order valence-corrected chi connectivity index (χ1v) is 4.84. The van der Waals surface area contributed by atoms with Gasteiger partial charge in [-0.1, -0.05) is 34.8 Å². The molecule has 0 aromatic carbocycles. The lowest BCUT2D eigenvalue weighted by atomic mass is 10.2. The Hall–Kier alpha value is 0.630. The third-order valence-corrected chi connectivity index (χ3v) is 3.54. The standard InChI is InChI=1S/C6H6Cl4O2/c7-4(6(8,9)10)2-1-3(2)5(11)12/h2-4H,1H2,(H,11,12). The molecular weight excluding hydrogens is 246 g/mol. The lowest BCUT2D eigenvalue weighted by molar-refractivity contribution is -0.138. The van der Waals surface area contributed by atoms with Gasteiger partial charge in [0.2, 0.25) is 3.79 Å². The van der Waals surface area contributed by atoms with Gasteiger partial charge in [-0.2, -0.15) is 0 Å². The van der Waals surface area contributed by atoms with Crippen LogP contribution < -0.4 is 0 Å². The first-order chi connectivity index (χ1) is 5.34. The van der Waals surface area contributed by atoms with Gasteiger partial charge in [0.05, 0.1) is 11.3 Å². The van der Waals surface area contributed by atoms with Crippen LogP contribution in [0.4, 0.5) is 0 Å². The summed E-state index contributed by atoms with van der Waals surface area (Å²) < 4.78 is -1.57. The van der Waals surface area contributed by atoms with E-state index < -0.39 is 21.1 Å². The van der Waals surface area contributed by atoms with E-state index in [1.54, 1.807) is 0 Å². The van der Waals surface area contributed by atoms with Crippen molar-refractivity contribution in [3.05, 3.63) is 0 Å². The summed E-state index contributed by atoms with van der Waals surface area (Å²) in [6.45, 7) is 0. The normalized spacial score (nSPS) is 31.3. The Balaban J connectivity index is 2.49. The molecule has 0 aromatic heterocycles. The molecule has 6 heteroatoms. The molecule has 0 saturated heterocycles. The summed E-state index contributed by atoms with van der Waals surface area (Å²) in [6.07, 6.45) is 0.497. The van der Waals surface area contributed by atoms with Crippen molar-refractivity contribution < 1.29 is 9.90 Å². The lowest BCUT2D eigenvalue weighted by Gasteiger charge is -2.17. The van der Waals surface area contributed by atoms with Crippen LogP contribution in [0.25, 0.3) is 0 Å². The van der Waals surface area contributed by atoms with Crippen molar-refractivity contribution in [2.75, 3.05) is 0 Å². The first-order valence-electron chi connectivity index (χ1n) is 3.27. The highest BCUT2D eigenvalue weighted by molar-refractivity contribution is 6.70. The predicted molar refractivity (Wildman–Crippen MR) is 49.2 cm³/mol. The van der Waals surface area contributed by atoms with E-state index in [1.807, 2.05) is 0 Å². The van der Waals surface area contributed by atoms with Crippen LogP contribution in [0, 0.1) is 11.8 Å². The fourth-order valence-electron chi connectivity index (χ4n) is 1.06. The summed E-state index contributed by atoms with van der Waals surface area (Å²) in [5.74, 6) is -1.53. The SMILES string of the molecule is O=C(O)C1CC1C(Cl)C(Cl)(Cl)Cl. The minimum atomic E-state index is -1.57. The molecule has 0 radical (unpaired) electrons. The second-order valence-corrected chi connectivity index (χ2v) is 5.63. The lowest BCUT2D eigenvalue weighted by Crippen LogP contribution is -2.23. The van der Waals surface area contributed by atoms with Crippen molar-refractivity contribution in [3.63, 3.8) is 0 Å². The Morgan fingerprint density at radius 2 is 2.00 bits per heavy atom. The molecule has 0 bridgehead atoms. The van der Waals surface area contributed by atoms with Crippen molar-refractivity contribution in [3.8, 4) is 0 Å². The molecule has 0 spiro atoms. The number of hydrogen-bond acceptors (Lipinski definition) is 1. The van der Waals surface area contributed by atoms with E-state index >= 15 is 0 Å². The molecule has 0 aromatic rings. The smallest absolute Gasteiger partial charge is 0.306 e. The summed E-state index contributed by atoms with van der Waals surface area (Å²) in [5, 5.41) is 7.83. The van der Waals surface area contributed by atoms with Crippen LogP contribution in [-0.2, 0) is 4.79 Å². The molecular formula is C6H6Cl4O2. The number of alkyl halides is 4. The highest BCUT2D eigenvalue weighted by atomic mass is 35.6. The molecule has 0 amide bonds. The number of hydrogen-bond donors (Lipinski definition) is 1. The van der Waals surface area contributed by atoms with E-state index in [1.165, 1.54) is 0 Å². The van der Waals surface area contributed by atoms with E-state index in [2.05, 4.69) is 0 Å². The van der Waals surface area contributed by atoms with Gasteiger partial charge in [0, 0.05) is 0 Å². The fourth-order valence-corrected chi connectivity index (χ4v) is 1.83. The summed E-state index contributed by atoms with van der Waals surface area (Å²) in [7, 11) is 0. The molecule has 2 nitrogen and oxygen atoms in total. The van der Waals surface area contributed by atoms with Crippen LogP contribution >= 0.6 is 46.4 Å². The van der Waals surface area contributed by atoms with Gasteiger partial charge in [0.25, 0.3) is 0 Å². The molecule has 70 valence electrons. The van der Waals surface area contributed by atoms with Crippen molar-refractivity contribution in [2.24, 2.45) is 11.8 Å². The highest BCUT2D eigenvalue weighted by Gasteiger charge is 2.53. The maximum absolute atomic E-state index is 10.4. The van der Waals surface area contributed by atoms with Crippen LogP contribution in [0.15, 0.2) is 0 Å². The number of carboxylic acids is 1. The van der Waals surface area contributed by atoms with Crippen molar-refractivity contribution >= 4 is 52.4 Å². The molecule has 1 N–H and O–H groups in total. The van der Waals surface area contributed by atoms with E-state index in [-0.39, 0.29) is 5.92 Å². The van der Waals surface area contributed by atoms with E-state index in [0.717, 1.165) is 0 Å². The summed E-state index contributed by atoms with van der Waals surface area (Å²) in [5.41, 5.74) is 0. The second-order valence-electron chi connectivity index (χ2n) is 2.79. The van der Waals surface area contributed by atoms with Crippen LogP contribution in [0.1, 0.15) is 6.42 Å². The second kappa shape index (κ2) is 3.41. The van der Waals surface area contributed by atoms with Gasteiger partial charge in [0.15, 0.2) is 0 Å². The van der Waals surface area contributed by atoms with Gasteiger partial charge in [-0.15, -0.1) is 11.6 Å². The monoisotopic (exact) mass is 250 g/mol. The van der Waals surface area contributed by atoms with E-state index in [9.17, 15) is 4.79 Å². The molecule has 3 unspecified atom stereocenters. The Morgan fingerprint density at radius 1 is 1.50 bits per heavy atom. The number of aliphatic carboxylic acids is 1. The van der Waals surface area contributed by atoms with Crippen molar-refractivity contribution in [1.82, 2.24) is 0 Å². The van der Waals surface area contributed by atoms with Gasteiger partial charge >= 0.3 is 5.97 Å². The van der Waals surface area contributed by atoms with Crippen LogP contribution in [0.3, 0.4) is 0 Å². The Kier molecular flexibility index (Phi) is 3.04. The van der Waals surface area contributed by atoms with E-state index in [4.69, 9.17) is 51.5 Å². The molecule has 12 heavy (non-hydrogen) atoms. The zero-order valence-corrected chi connectivity index (χ0v) is 8.83. The van der Waals surface area contributed by atoms with Gasteiger partial charge in [-0.3, -0.25) is 4.79 Å². The predicted octanol–water partition coefficient (Wildman–Crippen LogP) is 2.68. The van der Waals surface area contributed by atoms with Crippen LogP contribution in [0.2, 0.25) is 0 Å². The zero-order valence-electron chi connectivity index (χ0n) is 5.81. The van der Waals surface area contributed by atoms with Crippen molar-refractivity contribution in [1.29, 1.82) is 0 Å². The molecule has 1 saturated carbocycles. The Bertz CT molecular complexity index is 200. The maximum Gasteiger partial charge on any atom is 0.306 e. The molecule has 1 rings (SSSR count). The maximum atomic E-state index is 10.4. The number of carbonyl (C=O) groups is 1. The number of rotatable bonds is 2. The average Bonchev–Trinajstić information content (AvgIpc) is 2.61. The van der Waals surface area contributed by atoms with E-state index in [0.29, 0.717) is 6.42 Å². The molecule has 0 aliphatic heterocycles. The largest absolute Gasteiger partial charge is 0.481 e. The fraction of sp³-hybridized carbons (Fsp3) is 0.833. The van der Waals surface area contributed by atoms with Gasteiger partial charge < -0.3 is 5.11 Å². The highest BCUT2D eigenvalue weighted by Crippen LogP contribution is 2.51. The summed E-state index contributed by atoms with van der Waals surface area (Å²) in [6, 6.07) is 0. The molecule has 3 atom stereocenters. The van der Waals surface area contributed by atoms with Crippen molar-refractivity contribution in [2.45, 2.75) is 15.6 Å². The molecule has 1 fully saturated rings. The third kappa shape index (κ3) is 2.32. The van der Waals surface area contributed by atoms with Crippen LogP contribution in [-0.4, -0.2) is 20.2 Å². The van der Waals surface area contributed by atoms with Crippen LogP contribution in [0.5, 0.6) is 0 Å². The topological polar surface area (TPSA) is 37.3 Å². The quantitative estimate of drug-likeness (QED) is 0.767.